The molecule has 2 aliphatic rings. The van der Waals surface area contributed by atoms with Crippen molar-refractivity contribution < 1.29 is 14.6 Å². The van der Waals surface area contributed by atoms with E-state index in [0.717, 1.165) is 25.7 Å². The second-order valence-corrected chi connectivity index (χ2v) is 8.14. The first-order valence-electron chi connectivity index (χ1n) is 8.32. The Balaban J connectivity index is 2.22. The van der Waals surface area contributed by atoms with Crippen molar-refractivity contribution in [2.45, 2.75) is 78.7 Å². The molecule has 0 unspecified atom stereocenters. The third-order valence-corrected chi connectivity index (χ3v) is 6.39. The maximum Gasteiger partial charge on any atom is 0.302 e. The summed E-state index contributed by atoms with van der Waals surface area (Å²) in [7, 11) is 0. The minimum Gasteiger partial charge on any atom is -0.466 e. The van der Waals surface area contributed by atoms with E-state index in [1.165, 1.54) is 19.8 Å². The lowest BCUT2D eigenvalue weighted by Crippen LogP contribution is -2.57. The fraction of sp³-hybridized carbons (Fsp3) is 0.889. The summed E-state index contributed by atoms with van der Waals surface area (Å²) in [6.45, 7) is 10.7. The second kappa shape index (κ2) is 5.49. The standard InChI is InChI=1S/C18H31O3/c1-13(19)21-12-11-17(4)15-7-6-9-16(2,3)14(15)8-10-18(17,5)20/h15,20H,6-12H2,1-5H3/q+1/t15-,17-,18+/m0/s1. The van der Waals surface area contributed by atoms with Crippen molar-refractivity contribution in [2.24, 2.45) is 16.7 Å². The Morgan fingerprint density at radius 2 is 1.95 bits per heavy atom. The van der Waals surface area contributed by atoms with Gasteiger partial charge in [-0.3, -0.25) is 4.79 Å². The van der Waals surface area contributed by atoms with E-state index >= 15 is 0 Å². The maximum absolute atomic E-state index is 11.0. The number of carbonyl (C=O) groups excluding carboxylic acids is 1. The summed E-state index contributed by atoms with van der Waals surface area (Å²) in [6, 6.07) is 0. The third kappa shape index (κ3) is 2.94. The predicted molar refractivity (Wildman–Crippen MR) is 83.6 cm³/mol. The number of hydrogen-bond donors (Lipinski definition) is 1. The molecule has 0 amide bonds. The van der Waals surface area contributed by atoms with Crippen LogP contribution in [0, 0.1) is 22.7 Å². The van der Waals surface area contributed by atoms with Gasteiger partial charge in [-0.15, -0.1) is 0 Å². The number of carbonyl (C=O) groups is 1. The van der Waals surface area contributed by atoms with Crippen LogP contribution in [0.2, 0.25) is 0 Å². The summed E-state index contributed by atoms with van der Waals surface area (Å²) < 4.78 is 5.18. The Morgan fingerprint density at radius 3 is 2.57 bits per heavy atom. The van der Waals surface area contributed by atoms with Crippen molar-refractivity contribution in [2.75, 3.05) is 6.61 Å². The van der Waals surface area contributed by atoms with Gasteiger partial charge in [0.05, 0.1) is 24.5 Å². The van der Waals surface area contributed by atoms with Crippen LogP contribution in [-0.4, -0.2) is 23.3 Å². The number of aliphatic hydroxyl groups is 1. The fourth-order valence-electron chi connectivity index (χ4n) is 4.66. The average molecular weight is 295 g/mol. The normalized spacial score (nSPS) is 38.8. The molecule has 0 aromatic rings. The van der Waals surface area contributed by atoms with Crippen molar-refractivity contribution >= 4 is 5.97 Å². The highest BCUT2D eigenvalue weighted by Gasteiger charge is 2.64. The number of esters is 1. The molecule has 0 radical (unpaired) electrons. The molecule has 0 aromatic carbocycles. The molecule has 3 nitrogen and oxygen atoms in total. The molecule has 2 fully saturated rings. The van der Waals surface area contributed by atoms with Gasteiger partial charge in [-0.05, 0) is 46.5 Å². The number of rotatable bonds is 3. The highest BCUT2D eigenvalue weighted by atomic mass is 16.5. The van der Waals surface area contributed by atoms with Gasteiger partial charge >= 0.3 is 5.97 Å². The molecule has 21 heavy (non-hydrogen) atoms. The quantitative estimate of drug-likeness (QED) is 0.634. The van der Waals surface area contributed by atoms with Crippen molar-refractivity contribution in [3.05, 3.63) is 5.92 Å². The van der Waals surface area contributed by atoms with E-state index in [1.807, 2.05) is 6.92 Å². The van der Waals surface area contributed by atoms with E-state index in [2.05, 4.69) is 20.8 Å². The Labute approximate surface area is 129 Å². The monoisotopic (exact) mass is 295 g/mol. The summed E-state index contributed by atoms with van der Waals surface area (Å²) in [5.41, 5.74) is -0.607. The van der Waals surface area contributed by atoms with Gasteiger partial charge in [0, 0.05) is 18.8 Å². The third-order valence-electron chi connectivity index (χ3n) is 6.39. The van der Waals surface area contributed by atoms with Crippen molar-refractivity contribution in [3.63, 3.8) is 0 Å². The van der Waals surface area contributed by atoms with Crippen LogP contribution in [0.25, 0.3) is 0 Å². The zero-order chi connectivity index (χ0) is 15.9. The zero-order valence-electron chi connectivity index (χ0n) is 14.3. The molecule has 3 heteroatoms. The lowest BCUT2D eigenvalue weighted by atomic mass is 9.46. The van der Waals surface area contributed by atoms with E-state index in [1.54, 1.807) is 5.92 Å². The molecule has 120 valence electrons. The van der Waals surface area contributed by atoms with Crippen LogP contribution >= 0.6 is 0 Å². The summed E-state index contributed by atoms with van der Waals surface area (Å²) >= 11 is 0. The Hall–Kier alpha value is -0.700. The molecule has 0 aliphatic heterocycles. The molecule has 2 rings (SSSR count). The first-order valence-corrected chi connectivity index (χ1v) is 8.32. The van der Waals surface area contributed by atoms with Gasteiger partial charge in [-0.25, -0.2) is 0 Å². The molecule has 0 spiro atoms. The molecule has 0 bridgehead atoms. The largest absolute Gasteiger partial charge is 0.466 e. The van der Waals surface area contributed by atoms with Gasteiger partial charge in [0.1, 0.15) is 11.3 Å². The second-order valence-electron chi connectivity index (χ2n) is 8.14. The van der Waals surface area contributed by atoms with E-state index in [4.69, 9.17) is 4.74 Å². The lowest BCUT2D eigenvalue weighted by Gasteiger charge is -2.54. The van der Waals surface area contributed by atoms with Crippen molar-refractivity contribution in [1.82, 2.24) is 0 Å². The molecule has 3 atom stereocenters. The van der Waals surface area contributed by atoms with Crippen LogP contribution in [-0.2, 0) is 9.53 Å². The molecular formula is C18H31O3+. The minimum absolute atomic E-state index is 0.201. The Kier molecular flexibility index (Phi) is 4.36. The summed E-state index contributed by atoms with van der Waals surface area (Å²) in [5.74, 6) is 1.84. The SMILES string of the molecule is CC(=O)OCC[C@@]1(C)[C@H]2CCCC(C)(C)[C+]2CC[C@@]1(C)O. The van der Waals surface area contributed by atoms with E-state index in [0.29, 0.717) is 12.5 Å². The highest BCUT2D eigenvalue weighted by molar-refractivity contribution is 5.65. The maximum atomic E-state index is 11.0. The number of ether oxygens (including phenoxy) is 1. The molecule has 2 saturated carbocycles. The first-order chi connectivity index (χ1) is 9.60. The van der Waals surface area contributed by atoms with Crippen LogP contribution in [0.15, 0.2) is 0 Å². The number of hydrogen-bond acceptors (Lipinski definition) is 3. The van der Waals surface area contributed by atoms with E-state index in [-0.39, 0.29) is 16.8 Å². The Morgan fingerprint density at radius 1 is 1.29 bits per heavy atom. The molecule has 2 aliphatic carbocycles. The molecule has 0 heterocycles. The van der Waals surface area contributed by atoms with Crippen LogP contribution in [0.4, 0.5) is 0 Å². The molecule has 1 N–H and O–H groups in total. The van der Waals surface area contributed by atoms with Gasteiger partial charge < -0.3 is 9.84 Å². The Bertz CT molecular complexity index is 399. The fourth-order valence-corrected chi connectivity index (χ4v) is 4.66. The van der Waals surface area contributed by atoms with Gasteiger partial charge in [0.25, 0.3) is 0 Å². The van der Waals surface area contributed by atoms with Gasteiger partial charge in [-0.1, -0.05) is 6.92 Å². The zero-order valence-corrected chi connectivity index (χ0v) is 14.3. The average Bonchev–Trinajstić information content (AvgIpc) is 2.33. The van der Waals surface area contributed by atoms with Crippen LogP contribution in [0.5, 0.6) is 0 Å². The number of fused-ring (bicyclic) bond motifs is 1. The van der Waals surface area contributed by atoms with Gasteiger partial charge in [0.15, 0.2) is 0 Å². The molecule has 0 aromatic heterocycles. The van der Waals surface area contributed by atoms with E-state index < -0.39 is 5.60 Å². The summed E-state index contributed by atoms with van der Waals surface area (Å²) in [6.07, 6.45) is 6.23. The van der Waals surface area contributed by atoms with Crippen LogP contribution in [0.1, 0.15) is 73.1 Å². The van der Waals surface area contributed by atoms with Crippen molar-refractivity contribution in [3.8, 4) is 0 Å². The van der Waals surface area contributed by atoms with Crippen LogP contribution < -0.4 is 0 Å². The minimum atomic E-state index is -0.686. The first kappa shape index (κ1) is 16.7. The molecular weight excluding hydrogens is 264 g/mol. The smallest absolute Gasteiger partial charge is 0.302 e. The highest BCUT2D eigenvalue weighted by Crippen LogP contribution is 2.62. The van der Waals surface area contributed by atoms with Crippen LogP contribution in [0.3, 0.4) is 0 Å². The van der Waals surface area contributed by atoms with E-state index in [9.17, 15) is 9.90 Å². The summed E-state index contributed by atoms with van der Waals surface area (Å²) in [4.78, 5) is 11.0. The summed E-state index contributed by atoms with van der Waals surface area (Å²) in [5, 5.41) is 11.0. The van der Waals surface area contributed by atoms with Crippen molar-refractivity contribution in [1.29, 1.82) is 0 Å². The molecule has 0 saturated heterocycles. The van der Waals surface area contributed by atoms with Gasteiger partial charge in [0.2, 0.25) is 0 Å². The predicted octanol–water partition coefficient (Wildman–Crippen LogP) is 3.89. The topological polar surface area (TPSA) is 46.5 Å². The van der Waals surface area contributed by atoms with Gasteiger partial charge in [-0.2, -0.15) is 0 Å². The lowest BCUT2D eigenvalue weighted by molar-refractivity contribution is -0.154.